The largest absolute Gasteiger partial charge is 0.624 e. The fourth-order valence-corrected chi connectivity index (χ4v) is 3.56. The summed E-state index contributed by atoms with van der Waals surface area (Å²) in [5.41, 5.74) is 0. The molecule has 1 aliphatic rings. The fraction of sp³-hybridized carbons (Fsp3) is 0.389. The zero-order valence-corrected chi connectivity index (χ0v) is 14.1. The molecular weight excluding hydrogens is 310 g/mol. The van der Waals surface area contributed by atoms with Gasteiger partial charge in [-0.1, -0.05) is 18.2 Å². The highest BCUT2D eigenvalue weighted by Gasteiger charge is 2.20. The van der Waals surface area contributed by atoms with Gasteiger partial charge in [0.25, 0.3) is 0 Å². The molecule has 0 unspecified atom stereocenters. The van der Waals surface area contributed by atoms with E-state index in [1.165, 1.54) is 18.2 Å². The Balaban J connectivity index is 1.64. The Morgan fingerprint density at radius 3 is 2.57 bits per heavy atom. The summed E-state index contributed by atoms with van der Waals surface area (Å²) in [4.78, 5) is 1.07. The molecule has 0 N–H and O–H groups in total. The summed E-state index contributed by atoms with van der Waals surface area (Å²) in [5, 5.41) is 13.0. The molecule has 1 aromatic carbocycles. The lowest BCUT2D eigenvalue weighted by Crippen LogP contribution is -2.25. The van der Waals surface area contributed by atoms with Gasteiger partial charge in [-0.2, -0.15) is 0 Å². The maximum absolute atomic E-state index is 12.2. The lowest BCUT2D eigenvalue weighted by atomic mass is 9.96. The first-order valence-corrected chi connectivity index (χ1v) is 8.78. The lowest BCUT2D eigenvalue weighted by Gasteiger charge is -2.20. The standard InChI is InChI=1S/C18H21NO3S/c1-21-15-7-10-17(11-8-15)23-18-12-9-16(22-18)13-19(20)14-5-3-2-4-6-14/h7-14H,2-6H2,1H3. The minimum atomic E-state index is 0.103. The van der Waals surface area contributed by atoms with Crippen LogP contribution in [0.1, 0.15) is 37.9 Å². The zero-order chi connectivity index (χ0) is 16.1. The van der Waals surface area contributed by atoms with Gasteiger partial charge in [0, 0.05) is 17.7 Å². The molecule has 1 fully saturated rings. The molecule has 0 bridgehead atoms. The second-order valence-corrected chi connectivity index (χ2v) is 6.79. The van der Waals surface area contributed by atoms with Crippen LogP contribution in [0.25, 0.3) is 0 Å². The molecule has 1 heterocycles. The van der Waals surface area contributed by atoms with Gasteiger partial charge in [-0.15, -0.1) is 0 Å². The average Bonchev–Trinajstić information content (AvgIpc) is 3.03. The van der Waals surface area contributed by atoms with Crippen molar-refractivity contribution in [1.29, 1.82) is 0 Å². The number of rotatable bonds is 5. The zero-order valence-electron chi connectivity index (χ0n) is 13.2. The van der Waals surface area contributed by atoms with Crippen LogP contribution >= 0.6 is 11.8 Å². The smallest absolute Gasteiger partial charge is 0.217 e. The number of benzene rings is 1. The third kappa shape index (κ3) is 4.32. The first-order chi connectivity index (χ1) is 11.2. The van der Waals surface area contributed by atoms with E-state index in [0.717, 1.165) is 46.2 Å². The van der Waals surface area contributed by atoms with E-state index in [2.05, 4.69) is 0 Å². The number of hydrogen-bond acceptors (Lipinski definition) is 4. The van der Waals surface area contributed by atoms with Gasteiger partial charge in [-0.05, 0) is 49.2 Å². The Morgan fingerprint density at radius 1 is 1.13 bits per heavy atom. The van der Waals surface area contributed by atoms with Gasteiger partial charge < -0.3 is 14.4 Å². The van der Waals surface area contributed by atoms with E-state index in [1.807, 2.05) is 36.4 Å². The van der Waals surface area contributed by atoms with Crippen molar-refractivity contribution in [3.8, 4) is 5.75 Å². The summed E-state index contributed by atoms with van der Waals surface area (Å²) in [7, 11) is 1.65. The highest BCUT2D eigenvalue weighted by atomic mass is 32.2. The predicted octanol–water partition coefficient (Wildman–Crippen LogP) is 4.70. The quantitative estimate of drug-likeness (QED) is 0.345. The number of nitrogens with zero attached hydrogens (tertiary/aromatic N) is 1. The van der Waals surface area contributed by atoms with E-state index < -0.39 is 0 Å². The molecule has 2 aromatic rings. The number of hydroxylamine groups is 1. The summed E-state index contributed by atoms with van der Waals surface area (Å²) in [5.74, 6) is 1.44. The van der Waals surface area contributed by atoms with Crippen molar-refractivity contribution in [1.82, 2.24) is 0 Å². The fourth-order valence-electron chi connectivity index (χ4n) is 2.78. The topological polar surface area (TPSA) is 48.4 Å². The van der Waals surface area contributed by atoms with Gasteiger partial charge in [0.05, 0.1) is 7.11 Å². The number of methoxy groups -OCH3 is 1. The first kappa shape index (κ1) is 16.0. The van der Waals surface area contributed by atoms with Crippen LogP contribution in [-0.2, 0) is 0 Å². The van der Waals surface area contributed by atoms with E-state index in [9.17, 15) is 5.21 Å². The van der Waals surface area contributed by atoms with Gasteiger partial charge in [-0.25, -0.2) is 4.74 Å². The number of ether oxygens (including phenoxy) is 1. The van der Waals surface area contributed by atoms with Crippen molar-refractivity contribution < 1.29 is 13.9 Å². The van der Waals surface area contributed by atoms with Gasteiger partial charge in [0.2, 0.25) is 6.21 Å². The first-order valence-electron chi connectivity index (χ1n) is 7.97. The minimum Gasteiger partial charge on any atom is -0.624 e. The molecule has 0 amide bonds. The van der Waals surface area contributed by atoms with Crippen molar-refractivity contribution in [3.63, 3.8) is 0 Å². The maximum Gasteiger partial charge on any atom is 0.217 e. The Bertz CT molecular complexity index is 657. The van der Waals surface area contributed by atoms with Crippen molar-refractivity contribution in [3.05, 3.63) is 47.4 Å². The molecule has 1 aliphatic carbocycles. The summed E-state index contributed by atoms with van der Waals surface area (Å²) < 4.78 is 12.0. The molecule has 122 valence electrons. The third-order valence-corrected chi connectivity index (χ3v) is 5.00. The van der Waals surface area contributed by atoms with Crippen LogP contribution in [0, 0.1) is 5.21 Å². The minimum absolute atomic E-state index is 0.103. The molecule has 0 aliphatic heterocycles. The molecule has 0 saturated heterocycles. The van der Waals surface area contributed by atoms with E-state index in [4.69, 9.17) is 9.15 Å². The highest BCUT2D eigenvalue weighted by molar-refractivity contribution is 7.99. The van der Waals surface area contributed by atoms with Crippen LogP contribution in [0.5, 0.6) is 5.75 Å². The van der Waals surface area contributed by atoms with Gasteiger partial charge in [0.1, 0.15) is 5.75 Å². The summed E-state index contributed by atoms with van der Waals surface area (Å²) >= 11 is 1.53. The predicted molar refractivity (Wildman–Crippen MR) is 91.5 cm³/mol. The van der Waals surface area contributed by atoms with Crippen LogP contribution < -0.4 is 4.74 Å². The van der Waals surface area contributed by atoms with E-state index >= 15 is 0 Å². The summed E-state index contributed by atoms with van der Waals surface area (Å²) in [6.07, 6.45) is 7.08. The number of hydrogen-bond donors (Lipinski definition) is 0. The van der Waals surface area contributed by atoms with Crippen LogP contribution in [0.4, 0.5) is 0 Å². The van der Waals surface area contributed by atoms with Crippen molar-refractivity contribution >= 4 is 18.0 Å². The summed E-state index contributed by atoms with van der Waals surface area (Å²) in [6, 6.07) is 11.7. The molecule has 1 saturated carbocycles. The molecule has 5 heteroatoms. The molecule has 23 heavy (non-hydrogen) atoms. The second kappa shape index (κ2) is 7.59. The highest BCUT2D eigenvalue weighted by Crippen LogP contribution is 2.30. The molecule has 0 radical (unpaired) electrons. The Morgan fingerprint density at radius 2 is 1.87 bits per heavy atom. The van der Waals surface area contributed by atoms with Crippen molar-refractivity contribution in [2.45, 2.75) is 48.1 Å². The van der Waals surface area contributed by atoms with Gasteiger partial charge >= 0.3 is 0 Å². The maximum atomic E-state index is 12.2. The van der Waals surface area contributed by atoms with Crippen LogP contribution in [0.15, 0.2) is 50.8 Å². The number of furan rings is 1. The second-order valence-electron chi connectivity index (χ2n) is 5.72. The molecule has 0 atom stereocenters. The SMILES string of the molecule is COc1ccc(Sc2ccc(C=[N+]([O-])C3CCCCC3)o2)cc1. The normalized spacial score (nSPS) is 16.5. The van der Waals surface area contributed by atoms with Crippen LogP contribution in [0.2, 0.25) is 0 Å². The van der Waals surface area contributed by atoms with Crippen LogP contribution in [-0.4, -0.2) is 24.1 Å². The molecular formula is C18H21NO3S. The van der Waals surface area contributed by atoms with Crippen molar-refractivity contribution in [2.24, 2.45) is 0 Å². The Hall–Kier alpha value is -1.88. The van der Waals surface area contributed by atoms with E-state index in [1.54, 1.807) is 13.3 Å². The average molecular weight is 331 g/mol. The summed E-state index contributed by atoms with van der Waals surface area (Å²) in [6.45, 7) is 0. The lowest BCUT2D eigenvalue weighted by molar-refractivity contribution is -0.501. The Labute approximate surface area is 140 Å². The molecule has 4 nitrogen and oxygen atoms in total. The molecule has 1 aromatic heterocycles. The monoisotopic (exact) mass is 331 g/mol. The molecule has 0 spiro atoms. The van der Waals surface area contributed by atoms with E-state index in [0.29, 0.717) is 5.76 Å². The van der Waals surface area contributed by atoms with E-state index in [-0.39, 0.29) is 6.04 Å². The third-order valence-electron chi connectivity index (χ3n) is 4.07. The molecule has 3 rings (SSSR count). The van der Waals surface area contributed by atoms with Gasteiger partial charge in [-0.3, -0.25) is 0 Å². The Kier molecular flexibility index (Phi) is 5.28. The van der Waals surface area contributed by atoms with Crippen LogP contribution in [0.3, 0.4) is 0 Å². The van der Waals surface area contributed by atoms with Gasteiger partial charge in [0.15, 0.2) is 16.9 Å². The van der Waals surface area contributed by atoms with Crippen molar-refractivity contribution in [2.75, 3.05) is 7.11 Å².